The molecule has 0 aliphatic carbocycles. The van der Waals surface area contributed by atoms with Gasteiger partial charge in [-0.05, 0) is 58.7 Å². The van der Waals surface area contributed by atoms with Crippen molar-refractivity contribution < 1.29 is 0 Å². The highest BCUT2D eigenvalue weighted by atomic mass is 15.2. The second-order valence-electron chi connectivity index (χ2n) is 12.7. The van der Waals surface area contributed by atoms with Gasteiger partial charge in [-0.15, -0.1) is 0 Å². The first kappa shape index (κ1) is 30.9. The highest BCUT2D eigenvalue weighted by molar-refractivity contribution is 6.09. The maximum absolute atomic E-state index is 9.56. The van der Waals surface area contributed by atoms with Gasteiger partial charge in [-0.3, -0.25) is 4.57 Å². The van der Waals surface area contributed by atoms with Crippen LogP contribution in [0.15, 0.2) is 188 Å². The molecular formula is C47H31N5. The second-order valence-corrected chi connectivity index (χ2v) is 12.7. The Labute approximate surface area is 301 Å². The van der Waals surface area contributed by atoms with Crippen LogP contribution < -0.4 is 0 Å². The van der Waals surface area contributed by atoms with Crippen molar-refractivity contribution in [3.05, 3.63) is 216 Å². The van der Waals surface area contributed by atoms with Crippen molar-refractivity contribution in [2.45, 2.75) is 5.41 Å². The Balaban J connectivity index is 1.39. The molecule has 0 fully saturated rings. The van der Waals surface area contributed by atoms with E-state index in [-0.39, 0.29) is 0 Å². The van der Waals surface area contributed by atoms with Crippen molar-refractivity contribution in [2.24, 2.45) is 0 Å². The third kappa shape index (κ3) is 5.05. The summed E-state index contributed by atoms with van der Waals surface area (Å²) in [5.74, 6) is 1.58. The van der Waals surface area contributed by atoms with Crippen LogP contribution in [0.1, 0.15) is 27.8 Å². The number of hydrogen-bond donors (Lipinski definition) is 0. The topological polar surface area (TPSA) is 67.4 Å². The molecule has 0 unspecified atom stereocenters. The van der Waals surface area contributed by atoms with E-state index in [0.29, 0.717) is 23.2 Å². The number of aromatic nitrogens is 4. The van der Waals surface area contributed by atoms with Gasteiger partial charge in [0.25, 0.3) is 0 Å². The van der Waals surface area contributed by atoms with Crippen LogP contribution in [0, 0.1) is 11.3 Å². The molecule has 0 atom stereocenters. The van der Waals surface area contributed by atoms with Gasteiger partial charge < -0.3 is 0 Å². The molecule has 7 aromatic carbocycles. The molecule has 5 heteroatoms. The van der Waals surface area contributed by atoms with Crippen LogP contribution in [0.5, 0.6) is 0 Å². The average Bonchev–Trinajstić information content (AvgIpc) is 3.57. The van der Waals surface area contributed by atoms with Crippen LogP contribution in [0.3, 0.4) is 0 Å². The molecule has 244 valence electrons. The van der Waals surface area contributed by atoms with Crippen molar-refractivity contribution >= 4 is 21.8 Å². The summed E-state index contributed by atoms with van der Waals surface area (Å²) in [4.78, 5) is 15.7. The largest absolute Gasteiger partial charge is 0.278 e. The predicted molar refractivity (Wildman–Crippen MR) is 208 cm³/mol. The monoisotopic (exact) mass is 665 g/mol. The molecule has 0 bridgehead atoms. The predicted octanol–water partition coefficient (Wildman–Crippen LogP) is 10.6. The molecule has 0 aliphatic rings. The molecule has 0 N–H and O–H groups in total. The molecule has 2 aromatic heterocycles. The van der Waals surface area contributed by atoms with E-state index >= 15 is 0 Å². The van der Waals surface area contributed by atoms with Crippen LogP contribution in [-0.4, -0.2) is 19.5 Å². The summed E-state index contributed by atoms with van der Waals surface area (Å²) < 4.78 is 2.13. The molecular weight excluding hydrogens is 635 g/mol. The van der Waals surface area contributed by atoms with Crippen LogP contribution in [-0.2, 0) is 5.41 Å². The fourth-order valence-corrected chi connectivity index (χ4v) is 7.58. The number of benzene rings is 7. The third-order valence-electron chi connectivity index (χ3n) is 9.87. The van der Waals surface area contributed by atoms with E-state index in [1.165, 1.54) is 0 Å². The van der Waals surface area contributed by atoms with E-state index in [1.54, 1.807) is 12.1 Å². The molecule has 9 aromatic rings. The van der Waals surface area contributed by atoms with Gasteiger partial charge in [0.1, 0.15) is 0 Å². The summed E-state index contributed by atoms with van der Waals surface area (Å²) in [6.07, 6.45) is 0. The Morgan fingerprint density at radius 3 is 1.44 bits per heavy atom. The summed E-state index contributed by atoms with van der Waals surface area (Å²) in [6.45, 7) is 0. The molecule has 9 rings (SSSR count). The average molecular weight is 666 g/mol. The molecule has 52 heavy (non-hydrogen) atoms. The summed E-state index contributed by atoms with van der Waals surface area (Å²) in [5.41, 5.74) is 7.99. The first-order valence-electron chi connectivity index (χ1n) is 17.3. The lowest BCUT2D eigenvalue weighted by molar-refractivity contribution is 0.745. The van der Waals surface area contributed by atoms with Crippen molar-refractivity contribution in [2.75, 3.05) is 0 Å². The molecule has 0 saturated heterocycles. The lowest BCUT2D eigenvalue weighted by Gasteiger charge is -2.38. The number of nitriles is 1. The van der Waals surface area contributed by atoms with Gasteiger partial charge in [-0.2, -0.15) is 15.2 Å². The smallest absolute Gasteiger partial charge is 0.238 e. The van der Waals surface area contributed by atoms with Crippen LogP contribution in [0.4, 0.5) is 0 Å². The highest BCUT2D eigenvalue weighted by Crippen LogP contribution is 2.48. The van der Waals surface area contributed by atoms with Crippen molar-refractivity contribution in [1.82, 2.24) is 19.5 Å². The number of hydrogen-bond acceptors (Lipinski definition) is 4. The molecule has 2 heterocycles. The fraction of sp³-hybridized carbons (Fsp3) is 0.0213. The third-order valence-corrected chi connectivity index (χ3v) is 9.87. The zero-order valence-electron chi connectivity index (χ0n) is 28.1. The van der Waals surface area contributed by atoms with E-state index in [4.69, 9.17) is 15.0 Å². The lowest BCUT2D eigenvalue weighted by atomic mass is 9.64. The minimum Gasteiger partial charge on any atom is -0.278 e. The van der Waals surface area contributed by atoms with Crippen molar-refractivity contribution in [3.8, 4) is 34.8 Å². The van der Waals surface area contributed by atoms with E-state index in [1.807, 2.05) is 24.3 Å². The maximum atomic E-state index is 9.56. The Kier molecular flexibility index (Phi) is 7.68. The number of para-hydroxylation sites is 2. The molecule has 5 nitrogen and oxygen atoms in total. The number of nitrogens with zero attached hydrogens (tertiary/aromatic N) is 5. The first-order valence-corrected chi connectivity index (χ1v) is 17.3. The van der Waals surface area contributed by atoms with Crippen LogP contribution >= 0.6 is 0 Å². The zero-order valence-corrected chi connectivity index (χ0v) is 28.1. The SMILES string of the molecule is N#Cc1ccc(-c2nc(-c3ccccc3C(c3ccccc3)(c3ccccc3)c3ccccc3)nc(-n3c4ccccc4c4ccccc43)n2)cc1. The summed E-state index contributed by atoms with van der Waals surface area (Å²) in [5, 5.41) is 11.8. The zero-order chi connectivity index (χ0) is 34.9. The van der Waals surface area contributed by atoms with E-state index in [9.17, 15) is 5.26 Å². The molecule has 0 amide bonds. The Bertz CT molecular complexity index is 2580. The Morgan fingerprint density at radius 1 is 0.442 bits per heavy atom. The summed E-state index contributed by atoms with van der Waals surface area (Å²) in [7, 11) is 0. The summed E-state index contributed by atoms with van der Waals surface area (Å²) >= 11 is 0. The number of fused-ring (bicyclic) bond motifs is 3. The molecule has 0 saturated carbocycles. The van der Waals surface area contributed by atoms with Gasteiger partial charge in [0.05, 0.1) is 28.1 Å². The van der Waals surface area contributed by atoms with Gasteiger partial charge in [0.15, 0.2) is 11.6 Å². The molecule has 0 radical (unpaired) electrons. The van der Waals surface area contributed by atoms with E-state index in [0.717, 1.165) is 55.2 Å². The van der Waals surface area contributed by atoms with Gasteiger partial charge in [0.2, 0.25) is 5.95 Å². The first-order chi connectivity index (χ1) is 25.8. The van der Waals surface area contributed by atoms with E-state index < -0.39 is 5.41 Å². The van der Waals surface area contributed by atoms with Gasteiger partial charge >= 0.3 is 0 Å². The minimum absolute atomic E-state index is 0.515. The van der Waals surface area contributed by atoms with Crippen molar-refractivity contribution in [1.29, 1.82) is 5.26 Å². The number of rotatable bonds is 7. The standard InChI is InChI=1S/C47H31N5/c48-32-33-28-30-34(31-29-33)44-49-45(51-46(50-44)52-42-26-14-11-22-38(42)39-23-12-15-27-43(39)52)40-24-10-13-25-41(40)47(35-16-4-1-5-17-35,36-18-6-2-7-19-36)37-20-8-3-9-21-37/h1-31H. The van der Waals surface area contributed by atoms with Gasteiger partial charge in [0, 0.05) is 21.9 Å². The fourth-order valence-electron chi connectivity index (χ4n) is 7.58. The van der Waals surface area contributed by atoms with Gasteiger partial charge in [-0.1, -0.05) is 152 Å². The highest BCUT2D eigenvalue weighted by Gasteiger charge is 2.40. The maximum Gasteiger partial charge on any atom is 0.238 e. The van der Waals surface area contributed by atoms with Crippen LogP contribution in [0.25, 0.3) is 50.5 Å². The lowest BCUT2D eigenvalue weighted by Crippen LogP contribution is -2.31. The normalized spacial score (nSPS) is 11.4. The van der Waals surface area contributed by atoms with Crippen LogP contribution in [0.2, 0.25) is 0 Å². The molecule has 0 aliphatic heterocycles. The summed E-state index contributed by atoms with van der Waals surface area (Å²) in [6, 6.07) is 66.8. The quantitative estimate of drug-likeness (QED) is 0.159. The minimum atomic E-state index is -0.714. The Morgan fingerprint density at radius 2 is 0.904 bits per heavy atom. The van der Waals surface area contributed by atoms with E-state index in [2.05, 4.69) is 162 Å². The van der Waals surface area contributed by atoms with Crippen molar-refractivity contribution in [3.63, 3.8) is 0 Å². The molecule has 0 spiro atoms. The Hall–Kier alpha value is -7.16. The second kappa shape index (κ2) is 12.9. The van der Waals surface area contributed by atoms with Gasteiger partial charge in [-0.25, -0.2) is 4.98 Å².